The Balaban J connectivity index is 2.12. The number of ether oxygens (including phenoxy) is 1. The molecule has 1 aromatic carbocycles. The van der Waals surface area contributed by atoms with E-state index in [4.69, 9.17) is 4.74 Å². The van der Waals surface area contributed by atoms with Crippen molar-refractivity contribution < 1.29 is 9.53 Å². The predicted molar refractivity (Wildman–Crippen MR) is 83.4 cm³/mol. The number of carbonyl (C=O) groups excluding carboxylic acids is 1. The van der Waals surface area contributed by atoms with Crippen molar-refractivity contribution >= 4 is 21.8 Å². The highest BCUT2D eigenvalue weighted by Gasteiger charge is 2.12. The van der Waals surface area contributed by atoms with Crippen molar-refractivity contribution in [3.8, 4) is 5.75 Å². The van der Waals surface area contributed by atoms with E-state index in [0.717, 1.165) is 15.8 Å². The van der Waals surface area contributed by atoms with Crippen LogP contribution in [-0.2, 0) is 6.54 Å². The van der Waals surface area contributed by atoms with Crippen LogP contribution in [0, 0.1) is 13.8 Å². The van der Waals surface area contributed by atoms with Gasteiger partial charge < -0.3 is 10.1 Å². The highest BCUT2D eigenvalue weighted by atomic mass is 79.9. The zero-order chi connectivity index (χ0) is 15.4. The molecule has 0 aliphatic rings. The van der Waals surface area contributed by atoms with Crippen LogP contribution in [0.15, 0.2) is 28.9 Å². The zero-order valence-electron chi connectivity index (χ0n) is 12.1. The molecule has 0 unspecified atom stereocenters. The number of rotatable bonds is 4. The van der Waals surface area contributed by atoms with Crippen LogP contribution in [-0.4, -0.2) is 23.0 Å². The van der Waals surface area contributed by atoms with E-state index in [1.165, 1.54) is 0 Å². The van der Waals surface area contributed by atoms with Crippen LogP contribution in [0.25, 0.3) is 0 Å². The lowest BCUT2D eigenvalue weighted by atomic mass is 10.2. The molecule has 2 aromatic rings. The van der Waals surface area contributed by atoms with Gasteiger partial charge in [-0.2, -0.15) is 0 Å². The number of hydrogen-bond acceptors (Lipinski definition) is 4. The highest BCUT2D eigenvalue weighted by Crippen LogP contribution is 2.22. The Morgan fingerprint density at radius 3 is 2.81 bits per heavy atom. The largest absolute Gasteiger partial charge is 0.496 e. The Morgan fingerprint density at radius 1 is 1.38 bits per heavy atom. The second kappa shape index (κ2) is 6.67. The van der Waals surface area contributed by atoms with Gasteiger partial charge in [0.05, 0.1) is 18.4 Å². The van der Waals surface area contributed by atoms with Gasteiger partial charge in [-0.3, -0.25) is 4.79 Å². The van der Waals surface area contributed by atoms with Gasteiger partial charge in [0, 0.05) is 22.8 Å². The Bertz CT molecular complexity index is 674. The second-order valence-electron chi connectivity index (χ2n) is 4.56. The number of nitrogens with one attached hydrogen (secondary N) is 1. The van der Waals surface area contributed by atoms with Gasteiger partial charge in [0.1, 0.15) is 11.6 Å². The Morgan fingerprint density at radius 2 is 2.14 bits per heavy atom. The normalized spacial score (nSPS) is 10.3. The Hall–Kier alpha value is -1.95. The van der Waals surface area contributed by atoms with Crippen LogP contribution in [0.2, 0.25) is 0 Å². The SMILES string of the molecule is COc1ccc(Br)cc1CNC(=O)c1cnc(C)nc1C. The molecule has 0 bridgehead atoms. The maximum absolute atomic E-state index is 12.2. The van der Waals surface area contributed by atoms with Crippen LogP contribution in [0.4, 0.5) is 0 Å². The van der Waals surface area contributed by atoms with Gasteiger partial charge in [-0.25, -0.2) is 9.97 Å². The third kappa shape index (κ3) is 3.78. The predicted octanol–water partition coefficient (Wildman–Crippen LogP) is 2.79. The van der Waals surface area contributed by atoms with E-state index in [1.807, 2.05) is 18.2 Å². The molecule has 6 heteroatoms. The highest BCUT2D eigenvalue weighted by molar-refractivity contribution is 9.10. The molecule has 0 aliphatic heterocycles. The van der Waals surface area contributed by atoms with E-state index >= 15 is 0 Å². The first-order valence-electron chi connectivity index (χ1n) is 6.42. The van der Waals surface area contributed by atoms with Gasteiger partial charge in [-0.05, 0) is 32.0 Å². The first-order chi connectivity index (χ1) is 10.0. The molecule has 0 saturated heterocycles. The minimum atomic E-state index is -0.200. The van der Waals surface area contributed by atoms with Crippen LogP contribution >= 0.6 is 15.9 Å². The molecule has 1 aromatic heterocycles. The Kier molecular flexibility index (Phi) is 4.90. The van der Waals surface area contributed by atoms with E-state index in [1.54, 1.807) is 27.2 Å². The molecular weight excluding hydrogens is 334 g/mol. The first-order valence-corrected chi connectivity index (χ1v) is 7.21. The molecule has 1 heterocycles. The molecule has 0 atom stereocenters. The van der Waals surface area contributed by atoms with Gasteiger partial charge >= 0.3 is 0 Å². The lowest BCUT2D eigenvalue weighted by Gasteiger charge is -2.11. The van der Waals surface area contributed by atoms with E-state index in [2.05, 4.69) is 31.2 Å². The van der Waals surface area contributed by atoms with Gasteiger partial charge in [0.25, 0.3) is 5.91 Å². The number of nitrogens with zero attached hydrogens (tertiary/aromatic N) is 2. The fourth-order valence-corrected chi connectivity index (χ4v) is 2.37. The number of benzene rings is 1. The molecule has 0 radical (unpaired) electrons. The average Bonchev–Trinajstić information content (AvgIpc) is 2.45. The molecule has 0 aliphatic carbocycles. The number of aromatic nitrogens is 2. The van der Waals surface area contributed by atoms with Crippen molar-refractivity contribution in [1.29, 1.82) is 0 Å². The maximum atomic E-state index is 12.2. The van der Waals surface area contributed by atoms with Crippen LogP contribution < -0.4 is 10.1 Å². The second-order valence-corrected chi connectivity index (χ2v) is 5.47. The molecule has 2 rings (SSSR count). The van der Waals surface area contributed by atoms with Crippen molar-refractivity contribution in [1.82, 2.24) is 15.3 Å². The third-order valence-corrected chi connectivity index (χ3v) is 3.52. The summed E-state index contributed by atoms with van der Waals surface area (Å²) in [7, 11) is 1.60. The molecule has 0 fully saturated rings. The third-order valence-electron chi connectivity index (χ3n) is 3.03. The minimum absolute atomic E-state index is 0.200. The summed E-state index contributed by atoms with van der Waals surface area (Å²) in [6, 6.07) is 5.66. The molecule has 0 saturated carbocycles. The van der Waals surface area contributed by atoms with E-state index in [0.29, 0.717) is 23.6 Å². The molecular formula is C15H16BrN3O2. The van der Waals surface area contributed by atoms with Crippen LogP contribution in [0.1, 0.15) is 27.4 Å². The maximum Gasteiger partial charge on any atom is 0.254 e. The van der Waals surface area contributed by atoms with Crippen molar-refractivity contribution in [2.45, 2.75) is 20.4 Å². The van der Waals surface area contributed by atoms with E-state index in [9.17, 15) is 4.79 Å². The summed E-state index contributed by atoms with van der Waals surface area (Å²) in [6.45, 7) is 3.96. The summed E-state index contributed by atoms with van der Waals surface area (Å²) in [5, 5.41) is 2.86. The molecule has 21 heavy (non-hydrogen) atoms. The molecule has 0 spiro atoms. The average molecular weight is 350 g/mol. The van der Waals surface area contributed by atoms with Crippen LogP contribution in [0.3, 0.4) is 0 Å². The summed E-state index contributed by atoms with van der Waals surface area (Å²) in [5.74, 6) is 1.18. The quantitative estimate of drug-likeness (QED) is 0.921. The summed E-state index contributed by atoms with van der Waals surface area (Å²) in [5.41, 5.74) is 2.04. The summed E-state index contributed by atoms with van der Waals surface area (Å²) in [6.07, 6.45) is 1.55. The monoisotopic (exact) mass is 349 g/mol. The van der Waals surface area contributed by atoms with E-state index in [-0.39, 0.29) is 5.91 Å². The molecule has 5 nitrogen and oxygen atoms in total. The summed E-state index contributed by atoms with van der Waals surface area (Å²) < 4.78 is 6.21. The lowest BCUT2D eigenvalue weighted by molar-refractivity contribution is 0.0949. The number of aryl methyl sites for hydroxylation is 2. The number of methoxy groups -OCH3 is 1. The summed E-state index contributed by atoms with van der Waals surface area (Å²) >= 11 is 3.41. The van der Waals surface area contributed by atoms with Crippen LogP contribution in [0.5, 0.6) is 5.75 Å². The minimum Gasteiger partial charge on any atom is -0.496 e. The number of halogens is 1. The van der Waals surface area contributed by atoms with Gasteiger partial charge in [-0.15, -0.1) is 0 Å². The lowest BCUT2D eigenvalue weighted by Crippen LogP contribution is -2.24. The standard InChI is InChI=1S/C15H16BrN3O2/c1-9-13(8-17-10(2)19-9)15(20)18-7-11-6-12(16)4-5-14(11)21-3/h4-6,8H,7H2,1-3H3,(H,18,20). The molecule has 1 N–H and O–H groups in total. The van der Waals surface area contributed by atoms with Gasteiger partial charge in [-0.1, -0.05) is 15.9 Å². The van der Waals surface area contributed by atoms with Crippen molar-refractivity contribution in [2.24, 2.45) is 0 Å². The van der Waals surface area contributed by atoms with Gasteiger partial charge in [0.2, 0.25) is 0 Å². The number of carbonyl (C=O) groups is 1. The fraction of sp³-hybridized carbons (Fsp3) is 0.267. The zero-order valence-corrected chi connectivity index (χ0v) is 13.7. The summed E-state index contributed by atoms with van der Waals surface area (Å²) in [4.78, 5) is 20.4. The molecule has 110 valence electrons. The number of hydrogen-bond donors (Lipinski definition) is 1. The first kappa shape index (κ1) is 15.4. The van der Waals surface area contributed by atoms with E-state index < -0.39 is 0 Å². The van der Waals surface area contributed by atoms with Crippen molar-refractivity contribution in [2.75, 3.05) is 7.11 Å². The van der Waals surface area contributed by atoms with Crippen molar-refractivity contribution in [3.63, 3.8) is 0 Å². The van der Waals surface area contributed by atoms with Gasteiger partial charge in [0.15, 0.2) is 0 Å². The topological polar surface area (TPSA) is 64.1 Å². The molecule has 1 amide bonds. The Labute approximate surface area is 131 Å². The number of amides is 1. The smallest absolute Gasteiger partial charge is 0.254 e. The van der Waals surface area contributed by atoms with Crippen molar-refractivity contribution in [3.05, 3.63) is 51.5 Å². The fourth-order valence-electron chi connectivity index (χ4n) is 1.96.